The lowest BCUT2D eigenvalue weighted by atomic mass is 10.5. The van der Waals surface area contributed by atoms with E-state index in [1.54, 1.807) is 0 Å². The first kappa shape index (κ1) is 9.64. The highest BCUT2D eigenvalue weighted by molar-refractivity contribution is 5.97. The van der Waals surface area contributed by atoms with Gasteiger partial charge in [-0.1, -0.05) is 6.92 Å². The predicted molar refractivity (Wildman–Crippen MR) is 37.5 cm³/mol. The largest absolute Gasteiger partial charge is 0.428 e. The third-order valence-corrected chi connectivity index (χ3v) is 0.816. The summed E-state index contributed by atoms with van der Waals surface area (Å²) in [5.41, 5.74) is 0. The molecule has 0 aliphatic carbocycles. The molecule has 0 aromatic heterocycles. The summed E-state index contributed by atoms with van der Waals surface area (Å²) in [7, 11) is 0.899. The molecule has 0 atom stereocenters. The van der Waals surface area contributed by atoms with Crippen LogP contribution in [-0.4, -0.2) is 28.1 Å². The molecule has 1 nitrogen and oxygen atoms in total. The lowest BCUT2D eigenvalue weighted by Crippen LogP contribution is -1.83. The van der Waals surface area contributed by atoms with Crippen molar-refractivity contribution in [2.24, 2.45) is 0 Å². The second kappa shape index (κ2) is 9.04. The lowest BCUT2D eigenvalue weighted by Gasteiger charge is -1.85. The normalized spacial score (nSPS) is 7.50. The van der Waals surface area contributed by atoms with Gasteiger partial charge in [0.1, 0.15) is 10.5 Å². The molecule has 6 heavy (non-hydrogen) atoms. The van der Waals surface area contributed by atoms with Crippen LogP contribution < -0.4 is 0 Å². The molecule has 0 saturated heterocycles. The van der Waals surface area contributed by atoms with Gasteiger partial charge in [0.05, 0.1) is 0 Å². The second-order valence-corrected chi connectivity index (χ2v) is 1.57. The zero-order chi connectivity index (χ0) is 4.12. The van der Waals surface area contributed by atoms with E-state index < -0.39 is 0 Å². The van der Waals surface area contributed by atoms with E-state index in [1.165, 1.54) is 0 Å². The van der Waals surface area contributed by atoms with E-state index in [0.29, 0.717) is 0 Å². The summed E-state index contributed by atoms with van der Waals surface area (Å²) in [4.78, 5) is 0. The SMILES string of the molecule is CCCO[SiH3].[SiH4]. The number of rotatable bonds is 2. The summed E-state index contributed by atoms with van der Waals surface area (Å²) < 4.78 is 4.83. The minimum Gasteiger partial charge on any atom is -0.428 e. The molecule has 0 N–H and O–H groups in total. The zero-order valence-electron chi connectivity index (χ0n) is 3.82. The highest BCUT2D eigenvalue weighted by Crippen LogP contribution is 1.69. The molecule has 0 unspecified atom stereocenters. The maximum absolute atomic E-state index is 4.83. The smallest absolute Gasteiger partial charge is 0.145 e. The van der Waals surface area contributed by atoms with Gasteiger partial charge < -0.3 is 4.43 Å². The zero-order valence-corrected chi connectivity index (χ0v) is 5.82. The van der Waals surface area contributed by atoms with Crippen LogP contribution in [0.3, 0.4) is 0 Å². The van der Waals surface area contributed by atoms with Crippen molar-refractivity contribution in [3.8, 4) is 0 Å². The molecular weight excluding hydrogens is 108 g/mol. The minimum absolute atomic E-state index is 0. The van der Waals surface area contributed by atoms with Gasteiger partial charge in [0.15, 0.2) is 0 Å². The van der Waals surface area contributed by atoms with Gasteiger partial charge in [-0.25, -0.2) is 0 Å². The molecule has 0 aromatic carbocycles. The maximum atomic E-state index is 4.83. The summed E-state index contributed by atoms with van der Waals surface area (Å²) in [5, 5.41) is 0. The second-order valence-electron chi connectivity index (χ2n) is 0.993. The summed E-state index contributed by atoms with van der Waals surface area (Å²) in [6, 6.07) is 0. The van der Waals surface area contributed by atoms with Crippen LogP contribution in [-0.2, 0) is 4.43 Å². The molecule has 0 heterocycles. The fourth-order valence-electron chi connectivity index (χ4n) is 0.204. The highest BCUT2D eigenvalue weighted by Gasteiger charge is 1.65. The van der Waals surface area contributed by atoms with Crippen molar-refractivity contribution >= 4 is 21.5 Å². The van der Waals surface area contributed by atoms with Crippen molar-refractivity contribution in [3.05, 3.63) is 0 Å². The van der Waals surface area contributed by atoms with Gasteiger partial charge in [-0.05, 0) is 17.4 Å². The summed E-state index contributed by atoms with van der Waals surface area (Å²) in [5.74, 6) is 0. The topological polar surface area (TPSA) is 9.23 Å². The fourth-order valence-corrected chi connectivity index (χ4v) is 0.612. The Morgan fingerprint density at radius 1 is 1.67 bits per heavy atom. The van der Waals surface area contributed by atoms with Crippen LogP contribution >= 0.6 is 0 Å². The maximum Gasteiger partial charge on any atom is 0.145 e. The van der Waals surface area contributed by atoms with Crippen LogP contribution in [0.15, 0.2) is 0 Å². The lowest BCUT2D eigenvalue weighted by molar-refractivity contribution is 0.349. The van der Waals surface area contributed by atoms with Crippen LogP contribution in [0.4, 0.5) is 0 Å². The Hall–Kier alpha value is 0.394. The number of hydrogen-bond acceptors (Lipinski definition) is 1. The molecule has 0 spiro atoms. The fraction of sp³-hybridized carbons (Fsp3) is 1.00. The Bertz CT molecular complexity index is 16.3. The minimum atomic E-state index is 0. The van der Waals surface area contributed by atoms with E-state index in [1.807, 2.05) is 0 Å². The number of hydrogen-bond donors (Lipinski definition) is 0. The van der Waals surface area contributed by atoms with Gasteiger partial charge in [-0.3, -0.25) is 0 Å². The summed E-state index contributed by atoms with van der Waals surface area (Å²) in [6.45, 7) is 3.06. The Kier molecular flexibility index (Phi) is 14.5. The van der Waals surface area contributed by atoms with E-state index >= 15 is 0 Å². The Labute approximate surface area is 46.7 Å². The van der Waals surface area contributed by atoms with Gasteiger partial charge in [0.2, 0.25) is 0 Å². The van der Waals surface area contributed by atoms with Crippen LogP contribution in [0.2, 0.25) is 0 Å². The predicted octanol–water partition coefficient (Wildman–Crippen LogP) is -1.76. The van der Waals surface area contributed by atoms with Crippen molar-refractivity contribution in [2.45, 2.75) is 13.3 Å². The van der Waals surface area contributed by atoms with Crippen molar-refractivity contribution < 1.29 is 4.43 Å². The quantitative estimate of drug-likeness (QED) is 0.394. The average Bonchev–Trinajstić information content (AvgIpc) is 1.41. The monoisotopic (exact) mass is 122 g/mol. The van der Waals surface area contributed by atoms with Gasteiger partial charge in [0.25, 0.3) is 0 Å². The van der Waals surface area contributed by atoms with Gasteiger partial charge in [-0.15, -0.1) is 0 Å². The Morgan fingerprint density at radius 3 is 2.17 bits per heavy atom. The van der Waals surface area contributed by atoms with E-state index in [-0.39, 0.29) is 11.0 Å². The summed E-state index contributed by atoms with van der Waals surface area (Å²) >= 11 is 0. The molecule has 40 valence electrons. The van der Waals surface area contributed by atoms with Crippen LogP contribution in [0.1, 0.15) is 13.3 Å². The Balaban J connectivity index is 0. The average molecular weight is 122 g/mol. The molecule has 0 amide bonds. The van der Waals surface area contributed by atoms with Crippen LogP contribution in [0, 0.1) is 0 Å². The molecule has 0 saturated carbocycles. The molecule has 0 bridgehead atoms. The molecule has 0 rings (SSSR count). The molecule has 3 heteroatoms. The van der Waals surface area contributed by atoms with Gasteiger partial charge in [-0.2, -0.15) is 0 Å². The Morgan fingerprint density at radius 2 is 2.17 bits per heavy atom. The molecular formula is C3H14OSi2. The van der Waals surface area contributed by atoms with Crippen LogP contribution in [0.5, 0.6) is 0 Å². The first-order chi connectivity index (χ1) is 2.41. The third-order valence-electron chi connectivity index (χ3n) is 0.408. The van der Waals surface area contributed by atoms with E-state index in [4.69, 9.17) is 4.43 Å². The third kappa shape index (κ3) is 8.83. The van der Waals surface area contributed by atoms with E-state index in [9.17, 15) is 0 Å². The molecule has 0 aliphatic rings. The first-order valence-electron chi connectivity index (χ1n) is 1.90. The standard InChI is InChI=1S/C3H10OSi.H4Si/c1-2-3-4-5;/h2-3H2,1,5H3;1H4. The van der Waals surface area contributed by atoms with E-state index in [2.05, 4.69) is 6.92 Å². The first-order valence-corrected chi connectivity index (χ1v) is 2.72. The molecule has 0 aromatic rings. The van der Waals surface area contributed by atoms with Crippen molar-refractivity contribution in [2.75, 3.05) is 6.61 Å². The van der Waals surface area contributed by atoms with Crippen molar-refractivity contribution in [3.63, 3.8) is 0 Å². The van der Waals surface area contributed by atoms with Gasteiger partial charge >= 0.3 is 0 Å². The molecule has 0 radical (unpaired) electrons. The van der Waals surface area contributed by atoms with E-state index in [0.717, 1.165) is 23.5 Å². The highest BCUT2D eigenvalue weighted by atomic mass is 28.2. The van der Waals surface area contributed by atoms with Crippen LogP contribution in [0.25, 0.3) is 0 Å². The summed E-state index contributed by atoms with van der Waals surface area (Å²) in [6.07, 6.45) is 1.16. The van der Waals surface area contributed by atoms with Gasteiger partial charge in [0, 0.05) is 6.61 Å². The molecule has 0 fully saturated rings. The van der Waals surface area contributed by atoms with Crippen molar-refractivity contribution in [1.82, 2.24) is 0 Å². The van der Waals surface area contributed by atoms with Crippen molar-refractivity contribution in [1.29, 1.82) is 0 Å². The molecule has 0 aliphatic heterocycles.